The van der Waals surface area contributed by atoms with E-state index in [2.05, 4.69) is 51.4 Å². The molecule has 3 aromatic rings. The lowest BCUT2D eigenvalue weighted by atomic mass is 10.0. The van der Waals surface area contributed by atoms with Gasteiger partial charge in [0.05, 0.1) is 5.52 Å². The van der Waals surface area contributed by atoms with Crippen LogP contribution in [-0.2, 0) is 9.84 Å². The maximum atomic E-state index is 12.8. The number of benzene rings is 1. The Kier molecular flexibility index (Phi) is 6.59. The van der Waals surface area contributed by atoms with Gasteiger partial charge >= 0.3 is 0 Å². The van der Waals surface area contributed by atoms with E-state index >= 15 is 0 Å². The van der Waals surface area contributed by atoms with Crippen molar-refractivity contribution in [3.8, 4) is 0 Å². The van der Waals surface area contributed by atoms with E-state index in [1.54, 1.807) is 24.4 Å². The number of piperazine rings is 1. The molecule has 0 spiro atoms. The van der Waals surface area contributed by atoms with Gasteiger partial charge in [0.25, 0.3) is 5.91 Å². The van der Waals surface area contributed by atoms with E-state index in [0.29, 0.717) is 18.1 Å². The standard InChI is InChI=1S/C23H29N5O3S/c1-26-15-16-27(20(17-26)18-9-4-3-5-10-18)13-8-12-24-22(29)21-19-11-6-7-14-28(19)23(25-21)32(2,30)31/h3-7,9-11,14,20H,8,12-13,15-17H2,1-2H3,(H,24,29). The van der Waals surface area contributed by atoms with E-state index in [4.69, 9.17) is 0 Å². The minimum absolute atomic E-state index is 0.124. The van der Waals surface area contributed by atoms with Gasteiger partial charge in [-0.15, -0.1) is 0 Å². The van der Waals surface area contributed by atoms with Crippen LogP contribution in [0.3, 0.4) is 0 Å². The first-order valence-corrected chi connectivity index (χ1v) is 12.7. The lowest BCUT2D eigenvalue weighted by molar-refractivity contribution is 0.0865. The number of amides is 1. The molecule has 0 bridgehead atoms. The van der Waals surface area contributed by atoms with Crippen molar-refractivity contribution in [2.45, 2.75) is 17.6 Å². The smallest absolute Gasteiger partial charge is 0.272 e. The van der Waals surface area contributed by atoms with Gasteiger partial charge in [-0.05, 0) is 31.2 Å². The molecule has 4 rings (SSSR count). The van der Waals surface area contributed by atoms with Crippen molar-refractivity contribution in [1.82, 2.24) is 24.5 Å². The van der Waals surface area contributed by atoms with Crippen LogP contribution in [0.4, 0.5) is 0 Å². The lowest BCUT2D eigenvalue weighted by Gasteiger charge is -2.40. The topological polar surface area (TPSA) is 87.0 Å². The summed E-state index contributed by atoms with van der Waals surface area (Å²) in [6.07, 6.45) is 3.49. The highest BCUT2D eigenvalue weighted by Gasteiger charge is 2.26. The molecule has 170 valence electrons. The Morgan fingerprint density at radius 2 is 1.88 bits per heavy atom. The molecule has 1 aliphatic heterocycles. The molecule has 1 amide bonds. The summed E-state index contributed by atoms with van der Waals surface area (Å²) in [6, 6.07) is 16.0. The summed E-state index contributed by atoms with van der Waals surface area (Å²) in [6.45, 7) is 4.34. The molecule has 1 saturated heterocycles. The zero-order valence-electron chi connectivity index (χ0n) is 18.4. The minimum atomic E-state index is -3.56. The van der Waals surface area contributed by atoms with Crippen LogP contribution in [0.15, 0.2) is 59.9 Å². The molecule has 1 aliphatic rings. The number of aromatic nitrogens is 2. The summed E-state index contributed by atoms with van der Waals surface area (Å²) < 4.78 is 25.6. The van der Waals surface area contributed by atoms with Crippen molar-refractivity contribution in [1.29, 1.82) is 0 Å². The number of nitrogens with zero attached hydrogens (tertiary/aromatic N) is 4. The second kappa shape index (κ2) is 9.40. The van der Waals surface area contributed by atoms with Gasteiger partial charge in [-0.1, -0.05) is 36.4 Å². The average molecular weight is 456 g/mol. The SMILES string of the molecule is CN1CCN(CCCNC(=O)c2nc(S(C)(=O)=O)n3ccccc23)C(c2ccccc2)C1. The number of imidazole rings is 1. The van der Waals surface area contributed by atoms with Crippen LogP contribution in [0.25, 0.3) is 5.52 Å². The zero-order valence-corrected chi connectivity index (χ0v) is 19.3. The predicted octanol–water partition coefficient (Wildman–Crippen LogP) is 1.85. The highest BCUT2D eigenvalue weighted by Crippen LogP contribution is 2.24. The Bertz CT molecular complexity index is 1190. The van der Waals surface area contributed by atoms with Crippen molar-refractivity contribution in [3.63, 3.8) is 0 Å². The number of hydrogen-bond donors (Lipinski definition) is 1. The number of rotatable bonds is 7. The molecule has 8 nitrogen and oxygen atoms in total. The lowest BCUT2D eigenvalue weighted by Crippen LogP contribution is -2.47. The van der Waals surface area contributed by atoms with Gasteiger partial charge in [0.1, 0.15) is 0 Å². The van der Waals surface area contributed by atoms with E-state index in [1.807, 2.05) is 6.07 Å². The van der Waals surface area contributed by atoms with Crippen LogP contribution < -0.4 is 5.32 Å². The molecule has 0 aliphatic carbocycles. The quantitative estimate of drug-likeness (QED) is 0.547. The molecule has 2 aromatic heterocycles. The predicted molar refractivity (Wildman–Crippen MR) is 124 cm³/mol. The number of pyridine rings is 1. The van der Waals surface area contributed by atoms with Gasteiger partial charge in [-0.3, -0.25) is 14.1 Å². The van der Waals surface area contributed by atoms with Crippen LogP contribution in [0, 0.1) is 0 Å². The molecule has 1 atom stereocenters. The summed E-state index contributed by atoms with van der Waals surface area (Å²) in [5, 5.41) is 2.79. The monoisotopic (exact) mass is 455 g/mol. The third-order valence-electron chi connectivity index (χ3n) is 5.85. The molecule has 1 fully saturated rings. The molecule has 1 N–H and O–H groups in total. The van der Waals surface area contributed by atoms with Crippen molar-refractivity contribution >= 4 is 21.3 Å². The second-order valence-electron chi connectivity index (χ2n) is 8.31. The molecule has 1 aromatic carbocycles. The molecule has 1 unspecified atom stereocenters. The number of hydrogen-bond acceptors (Lipinski definition) is 6. The average Bonchev–Trinajstić information content (AvgIpc) is 3.18. The highest BCUT2D eigenvalue weighted by molar-refractivity contribution is 7.90. The summed E-state index contributed by atoms with van der Waals surface area (Å²) in [5.41, 5.74) is 1.92. The molecule has 9 heteroatoms. The van der Waals surface area contributed by atoms with Crippen molar-refractivity contribution < 1.29 is 13.2 Å². The Hall–Kier alpha value is -2.75. The molecule has 0 radical (unpaired) electrons. The molecular weight excluding hydrogens is 426 g/mol. The van der Waals surface area contributed by atoms with E-state index in [9.17, 15) is 13.2 Å². The van der Waals surface area contributed by atoms with Crippen LogP contribution in [0.1, 0.15) is 28.5 Å². The van der Waals surface area contributed by atoms with Gasteiger partial charge in [-0.2, -0.15) is 0 Å². The molecular formula is C23H29N5O3S. The van der Waals surface area contributed by atoms with Gasteiger partial charge in [-0.25, -0.2) is 13.4 Å². The number of fused-ring (bicyclic) bond motifs is 1. The van der Waals surface area contributed by atoms with Gasteiger partial charge in [0.15, 0.2) is 5.69 Å². The summed E-state index contributed by atoms with van der Waals surface area (Å²) in [5.74, 6) is -0.360. The number of likely N-dealkylation sites (N-methyl/N-ethyl adjacent to an activating group) is 1. The Morgan fingerprint density at radius 1 is 1.12 bits per heavy atom. The first kappa shape index (κ1) is 22.4. The third-order valence-corrected chi connectivity index (χ3v) is 6.80. The maximum Gasteiger partial charge on any atom is 0.272 e. The summed E-state index contributed by atoms with van der Waals surface area (Å²) >= 11 is 0. The summed E-state index contributed by atoms with van der Waals surface area (Å²) in [7, 11) is -1.41. The van der Waals surface area contributed by atoms with Gasteiger partial charge < -0.3 is 10.2 Å². The third kappa shape index (κ3) is 4.85. The minimum Gasteiger partial charge on any atom is -0.351 e. The second-order valence-corrected chi connectivity index (χ2v) is 10.2. The van der Waals surface area contributed by atoms with Crippen LogP contribution >= 0.6 is 0 Å². The Labute approximate surface area is 188 Å². The fourth-order valence-corrected chi connectivity index (χ4v) is 5.00. The first-order valence-electron chi connectivity index (χ1n) is 10.8. The number of carbonyl (C=O) groups excluding carboxylic acids is 1. The fourth-order valence-electron chi connectivity index (χ4n) is 4.22. The number of carbonyl (C=O) groups is 1. The zero-order chi connectivity index (χ0) is 22.7. The Balaban J connectivity index is 1.39. The van der Waals surface area contributed by atoms with Crippen molar-refractivity contribution in [2.75, 3.05) is 46.0 Å². The normalized spacial score (nSPS) is 18.1. The Morgan fingerprint density at radius 3 is 2.62 bits per heavy atom. The van der Waals surface area contributed by atoms with Gasteiger partial charge in [0.2, 0.25) is 15.0 Å². The maximum absolute atomic E-state index is 12.8. The molecule has 32 heavy (non-hydrogen) atoms. The van der Waals surface area contributed by atoms with E-state index in [-0.39, 0.29) is 16.8 Å². The van der Waals surface area contributed by atoms with E-state index < -0.39 is 9.84 Å². The van der Waals surface area contributed by atoms with Crippen LogP contribution in [-0.4, -0.2) is 79.5 Å². The largest absolute Gasteiger partial charge is 0.351 e. The van der Waals surface area contributed by atoms with E-state index in [1.165, 1.54) is 9.96 Å². The summed E-state index contributed by atoms with van der Waals surface area (Å²) in [4.78, 5) is 21.7. The van der Waals surface area contributed by atoms with Crippen molar-refractivity contribution in [2.24, 2.45) is 0 Å². The number of sulfone groups is 1. The molecule has 0 saturated carbocycles. The van der Waals surface area contributed by atoms with Crippen molar-refractivity contribution in [3.05, 3.63) is 66.0 Å². The van der Waals surface area contributed by atoms with Crippen LogP contribution in [0.2, 0.25) is 0 Å². The van der Waals surface area contributed by atoms with Gasteiger partial charge in [0, 0.05) is 51.2 Å². The first-order chi connectivity index (χ1) is 15.3. The highest BCUT2D eigenvalue weighted by atomic mass is 32.2. The van der Waals surface area contributed by atoms with E-state index in [0.717, 1.165) is 38.9 Å². The number of nitrogens with one attached hydrogen (secondary N) is 1. The van der Waals surface area contributed by atoms with Crippen LogP contribution in [0.5, 0.6) is 0 Å². The fraction of sp³-hybridized carbons (Fsp3) is 0.391. The molecule has 3 heterocycles.